The zero-order valence-corrected chi connectivity index (χ0v) is 21.4. The molecule has 2 aromatic rings. The van der Waals surface area contributed by atoms with Gasteiger partial charge in [0.25, 0.3) is 0 Å². The molecule has 2 amide bonds. The Bertz CT molecular complexity index is 1070. The lowest BCUT2D eigenvalue weighted by atomic mass is 10.1. The molecule has 9 heteroatoms. The Labute approximate surface area is 202 Å². The van der Waals surface area contributed by atoms with Gasteiger partial charge in [-0.15, -0.1) is 0 Å². The number of nitrogens with zero attached hydrogens (tertiary/aromatic N) is 2. The number of anilines is 1. The van der Waals surface area contributed by atoms with Gasteiger partial charge in [0.05, 0.1) is 19.1 Å². The van der Waals surface area contributed by atoms with E-state index in [0.29, 0.717) is 18.7 Å². The number of carbonyl (C=O) groups is 2. The van der Waals surface area contributed by atoms with E-state index in [4.69, 9.17) is 4.74 Å². The summed E-state index contributed by atoms with van der Waals surface area (Å²) >= 11 is 0. The van der Waals surface area contributed by atoms with Crippen molar-refractivity contribution in [1.82, 2.24) is 10.2 Å². The minimum absolute atomic E-state index is 0.181. The third-order valence-electron chi connectivity index (χ3n) is 5.44. The van der Waals surface area contributed by atoms with Crippen molar-refractivity contribution < 1.29 is 22.7 Å². The number of nitrogens with one attached hydrogen (secondary N) is 1. The van der Waals surface area contributed by atoms with Gasteiger partial charge in [-0.25, -0.2) is 8.42 Å². The summed E-state index contributed by atoms with van der Waals surface area (Å²) in [6, 6.07) is 13.6. The van der Waals surface area contributed by atoms with Crippen molar-refractivity contribution in [3.63, 3.8) is 0 Å². The van der Waals surface area contributed by atoms with Crippen molar-refractivity contribution in [2.24, 2.45) is 0 Å². The second kappa shape index (κ2) is 12.4. The fourth-order valence-corrected chi connectivity index (χ4v) is 4.46. The first-order valence-electron chi connectivity index (χ1n) is 11.4. The third-order valence-corrected chi connectivity index (χ3v) is 6.57. The predicted octanol–water partition coefficient (Wildman–Crippen LogP) is 3.10. The topological polar surface area (TPSA) is 96.0 Å². The maximum absolute atomic E-state index is 13.6. The molecule has 0 saturated heterocycles. The lowest BCUT2D eigenvalue weighted by molar-refractivity contribution is -0.140. The second-order valence-electron chi connectivity index (χ2n) is 8.16. The molecule has 0 bridgehead atoms. The molecule has 0 spiro atoms. The first-order chi connectivity index (χ1) is 16.1. The van der Waals surface area contributed by atoms with Gasteiger partial charge in [0.1, 0.15) is 18.3 Å². The van der Waals surface area contributed by atoms with Crippen LogP contribution in [-0.2, 0) is 26.2 Å². The van der Waals surface area contributed by atoms with Gasteiger partial charge in [-0.05, 0) is 37.5 Å². The molecule has 0 unspecified atom stereocenters. The average Bonchev–Trinajstić information content (AvgIpc) is 2.81. The van der Waals surface area contributed by atoms with Crippen LogP contribution in [0.25, 0.3) is 0 Å². The molecule has 2 rings (SSSR count). The highest BCUT2D eigenvalue weighted by atomic mass is 32.2. The molecule has 0 aliphatic rings. The molecule has 1 atom stereocenters. The summed E-state index contributed by atoms with van der Waals surface area (Å²) in [6.45, 7) is 5.98. The SMILES string of the molecule is CCCNC(=O)[C@H](CC)N(Cc1ccc(C)cc1)C(=O)CN(c1ccccc1OC)S(C)(=O)=O. The van der Waals surface area contributed by atoms with Gasteiger partial charge in [-0.1, -0.05) is 55.8 Å². The van der Waals surface area contributed by atoms with Crippen LogP contribution in [0.1, 0.15) is 37.8 Å². The molecular formula is C25H35N3O5S. The van der Waals surface area contributed by atoms with Gasteiger partial charge in [0.2, 0.25) is 21.8 Å². The summed E-state index contributed by atoms with van der Waals surface area (Å²) in [7, 11) is -2.38. The predicted molar refractivity (Wildman–Crippen MR) is 134 cm³/mol. The van der Waals surface area contributed by atoms with Crippen LogP contribution in [0.5, 0.6) is 5.75 Å². The number of hydrogen-bond donors (Lipinski definition) is 1. The summed E-state index contributed by atoms with van der Waals surface area (Å²) in [5, 5.41) is 2.86. The molecule has 186 valence electrons. The molecular weight excluding hydrogens is 454 g/mol. The number of benzene rings is 2. The van der Waals surface area contributed by atoms with Crippen molar-refractivity contribution in [1.29, 1.82) is 0 Å². The number of methoxy groups -OCH3 is 1. The number of amides is 2. The Morgan fingerprint density at radius 3 is 2.26 bits per heavy atom. The maximum Gasteiger partial charge on any atom is 0.244 e. The molecule has 0 saturated carbocycles. The quantitative estimate of drug-likeness (QED) is 0.494. The van der Waals surface area contributed by atoms with Crippen LogP contribution in [0.2, 0.25) is 0 Å². The van der Waals surface area contributed by atoms with Gasteiger partial charge in [0.15, 0.2) is 0 Å². The van der Waals surface area contributed by atoms with Gasteiger partial charge >= 0.3 is 0 Å². The molecule has 2 aromatic carbocycles. The van der Waals surface area contributed by atoms with E-state index in [2.05, 4.69) is 5.32 Å². The lowest BCUT2D eigenvalue weighted by Gasteiger charge is -2.33. The van der Waals surface area contributed by atoms with Gasteiger partial charge in [-0.3, -0.25) is 13.9 Å². The van der Waals surface area contributed by atoms with Crippen molar-refractivity contribution >= 4 is 27.5 Å². The molecule has 0 aliphatic carbocycles. The van der Waals surface area contributed by atoms with Gasteiger partial charge in [0, 0.05) is 13.1 Å². The fourth-order valence-electron chi connectivity index (χ4n) is 3.61. The van der Waals surface area contributed by atoms with Crippen LogP contribution >= 0.6 is 0 Å². The van der Waals surface area contributed by atoms with Crippen LogP contribution in [0.3, 0.4) is 0 Å². The molecule has 0 radical (unpaired) electrons. The van der Waals surface area contributed by atoms with Crippen LogP contribution in [-0.4, -0.2) is 57.6 Å². The minimum Gasteiger partial charge on any atom is -0.495 e. The molecule has 0 aliphatic heterocycles. The van der Waals surface area contributed by atoms with E-state index in [1.54, 1.807) is 24.3 Å². The van der Waals surface area contributed by atoms with Crippen LogP contribution < -0.4 is 14.4 Å². The molecule has 0 heterocycles. The Balaban J connectivity index is 2.45. The third kappa shape index (κ3) is 7.21. The Morgan fingerprint density at radius 2 is 1.71 bits per heavy atom. The number of hydrogen-bond acceptors (Lipinski definition) is 5. The first kappa shape index (κ1) is 27.2. The van der Waals surface area contributed by atoms with E-state index in [1.807, 2.05) is 45.0 Å². The average molecular weight is 490 g/mol. The van der Waals surface area contributed by atoms with Crippen LogP contribution in [0.4, 0.5) is 5.69 Å². The van der Waals surface area contributed by atoms with E-state index >= 15 is 0 Å². The molecule has 8 nitrogen and oxygen atoms in total. The standard InChI is InChI=1S/C25H35N3O5S/c1-6-16-26-25(30)21(7-2)27(17-20-14-12-19(3)13-15-20)24(29)18-28(34(5,31)32)22-10-8-9-11-23(22)33-4/h8-15,21H,6-7,16-18H2,1-5H3,(H,26,30)/t21-/m0/s1. The maximum atomic E-state index is 13.6. The van der Waals surface area contributed by atoms with Crippen LogP contribution in [0.15, 0.2) is 48.5 Å². The summed E-state index contributed by atoms with van der Waals surface area (Å²) in [5.41, 5.74) is 2.19. The summed E-state index contributed by atoms with van der Waals surface area (Å²) < 4.78 is 31.7. The van der Waals surface area contributed by atoms with Crippen molar-refractivity contribution in [2.75, 3.05) is 30.8 Å². The van der Waals surface area contributed by atoms with Crippen molar-refractivity contribution in [2.45, 2.75) is 46.2 Å². The molecule has 34 heavy (non-hydrogen) atoms. The van der Waals surface area contributed by atoms with Crippen molar-refractivity contribution in [3.8, 4) is 5.75 Å². The Morgan fingerprint density at radius 1 is 1.06 bits per heavy atom. The number of sulfonamides is 1. The Hall–Kier alpha value is -3.07. The monoisotopic (exact) mass is 489 g/mol. The van der Waals surface area contributed by atoms with E-state index < -0.39 is 28.5 Å². The van der Waals surface area contributed by atoms with E-state index in [0.717, 1.165) is 28.1 Å². The highest BCUT2D eigenvalue weighted by Crippen LogP contribution is 2.29. The highest BCUT2D eigenvalue weighted by Gasteiger charge is 2.32. The van der Waals surface area contributed by atoms with Crippen LogP contribution in [0, 0.1) is 6.92 Å². The number of carbonyl (C=O) groups excluding carboxylic acids is 2. The second-order valence-corrected chi connectivity index (χ2v) is 10.1. The fraction of sp³-hybridized carbons (Fsp3) is 0.440. The van der Waals surface area contributed by atoms with E-state index in [-0.39, 0.29) is 18.1 Å². The van der Waals surface area contributed by atoms with Crippen molar-refractivity contribution in [3.05, 3.63) is 59.7 Å². The van der Waals surface area contributed by atoms with E-state index in [9.17, 15) is 18.0 Å². The lowest BCUT2D eigenvalue weighted by Crippen LogP contribution is -2.52. The molecule has 1 N–H and O–H groups in total. The number of aryl methyl sites for hydroxylation is 1. The first-order valence-corrected chi connectivity index (χ1v) is 13.2. The number of rotatable bonds is 12. The zero-order chi connectivity index (χ0) is 25.3. The zero-order valence-electron chi connectivity index (χ0n) is 20.6. The highest BCUT2D eigenvalue weighted by molar-refractivity contribution is 7.92. The smallest absolute Gasteiger partial charge is 0.244 e. The summed E-state index contributed by atoms with van der Waals surface area (Å²) in [4.78, 5) is 28.0. The van der Waals surface area contributed by atoms with E-state index in [1.165, 1.54) is 12.0 Å². The van der Waals surface area contributed by atoms with Gasteiger partial charge < -0.3 is 15.0 Å². The summed E-state index contributed by atoms with van der Waals surface area (Å²) in [5.74, 6) is -0.401. The largest absolute Gasteiger partial charge is 0.495 e. The number of ether oxygens (including phenoxy) is 1. The minimum atomic E-state index is -3.82. The number of para-hydroxylation sites is 2. The molecule has 0 fully saturated rings. The summed E-state index contributed by atoms with van der Waals surface area (Å²) in [6.07, 6.45) is 2.20. The molecule has 0 aromatic heterocycles. The van der Waals surface area contributed by atoms with Gasteiger partial charge in [-0.2, -0.15) is 0 Å². The normalized spacial score (nSPS) is 12.0. The Kier molecular flexibility index (Phi) is 9.92.